The van der Waals surface area contributed by atoms with Crippen LogP contribution in [-0.4, -0.2) is 11.2 Å². The summed E-state index contributed by atoms with van der Waals surface area (Å²) in [5.74, 6) is 0. The van der Waals surface area contributed by atoms with Crippen molar-refractivity contribution in [3.05, 3.63) is 20.3 Å². The standard InChI is InChI=1S/C8H12BrNOS/c1-4-6(9)3-12-8(4)7(10)5(2)11/h3,5,7,11H,10H2,1-2H3. The molecule has 0 aliphatic rings. The third-order valence-corrected chi connectivity index (χ3v) is 4.15. The maximum Gasteiger partial charge on any atom is 0.0712 e. The van der Waals surface area contributed by atoms with E-state index in [1.807, 2.05) is 12.3 Å². The molecule has 0 fully saturated rings. The molecule has 0 aliphatic carbocycles. The highest BCUT2D eigenvalue weighted by Gasteiger charge is 2.17. The molecule has 0 amide bonds. The average molecular weight is 250 g/mol. The molecule has 12 heavy (non-hydrogen) atoms. The lowest BCUT2D eigenvalue weighted by atomic mass is 10.1. The first-order valence-electron chi connectivity index (χ1n) is 3.71. The molecule has 0 aliphatic heterocycles. The zero-order valence-corrected chi connectivity index (χ0v) is 9.45. The number of aliphatic hydroxyl groups is 1. The number of rotatable bonds is 2. The summed E-state index contributed by atoms with van der Waals surface area (Å²) in [6.07, 6.45) is -0.491. The quantitative estimate of drug-likeness (QED) is 0.845. The van der Waals surface area contributed by atoms with E-state index in [0.717, 1.165) is 14.9 Å². The average Bonchev–Trinajstić information content (AvgIpc) is 2.32. The van der Waals surface area contributed by atoms with Crippen LogP contribution in [0.25, 0.3) is 0 Å². The first kappa shape index (κ1) is 10.2. The van der Waals surface area contributed by atoms with Crippen molar-refractivity contribution in [3.8, 4) is 0 Å². The van der Waals surface area contributed by atoms with Crippen LogP contribution in [0.3, 0.4) is 0 Å². The van der Waals surface area contributed by atoms with Gasteiger partial charge in [0.05, 0.1) is 12.1 Å². The van der Waals surface area contributed by atoms with Crippen LogP contribution in [0.4, 0.5) is 0 Å². The van der Waals surface area contributed by atoms with Gasteiger partial charge in [0, 0.05) is 14.7 Å². The molecule has 0 spiro atoms. The largest absolute Gasteiger partial charge is 0.391 e. The van der Waals surface area contributed by atoms with Crippen molar-refractivity contribution >= 4 is 27.3 Å². The number of hydrogen-bond donors (Lipinski definition) is 2. The Hall–Kier alpha value is 0.1000. The van der Waals surface area contributed by atoms with Gasteiger partial charge >= 0.3 is 0 Å². The number of halogens is 1. The second-order valence-corrected chi connectivity index (χ2v) is 4.60. The summed E-state index contributed by atoms with van der Waals surface area (Å²) in [4.78, 5) is 1.05. The Balaban J connectivity index is 2.95. The first-order valence-corrected chi connectivity index (χ1v) is 5.38. The van der Waals surface area contributed by atoms with Gasteiger partial charge in [-0.25, -0.2) is 0 Å². The number of nitrogens with two attached hydrogens (primary N) is 1. The lowest BCUT2D eigenvalue weighted by Gasteiger charge is -2.13. The summed E-state index contributed by atoms with van der Waals surface area (Å²) in [6, 6.07) is -0.263. The zero-order valence-electron chi connectivity index (χ0n) is 7.04. The van der Waals surface area contributed by atoms with Crippen molar-refractivity contribution < 1.29 is 5.11 Å². The van der Waals surface area contributed by atoms with Crippen LogP contribution in [0.1, 0.15) is 23.4 Å². The Bertz CT molecular complexity index is 272. The zero-order chi connectivity index (χ0) is 9.30. The molecule has 1 aromatic rings. The monoisotopic (exact) mass is 249 g/mol. The van der Waals surface area contributed by atoms with Gasteiger partial charge in [0.1, 0.15) is 0 Å². The van der Waals surface area contributed by atoms with Crippen LogP contribution in [0.2, 0.25) is 0 Å². The molecule has 68 valence electrons. The molecular weight excluding hydrogens is 238 g/mol. The highest BCUT2D eigenvalue weighted by atomic mass is 79.9. The molecule has 0 saturated heterocycles. The molecule has 0 radical (unpaired) electrons. The van der Waals surface area contributed by atoms with E-state index in [1.54, 1.807) is 18.3 Å². The number of hydrogen-bond acceptors (Lipinski definition) is 3. The summed E-state index contributed by atoms with van der Waals surface area (Å²) in [6.45, 7) is 3.70. The van der Waals surface area contributed by atoms with Crippen LogP contribution in [0.15, 0.2) is 9.85 Å². The maximum atomic E-state index is 9.27. The Kier molecular flexibility index (Phi) is 3.29. The van der Waals surface area contributed by atoms with E-state index in [0.29, 0.717) is 0 Å². The highest BCUT2D eigenvalue weighted by Crippen LogP contribution is 2.31. The van der Waals surface area contributed by atoms with Crippen molar-refractivity contribution in [2.75, 3.05) is 0 Å². The van der Waals surface area contributed by atoms with E-state index >= 15 is 0 Å². The van der Waals surface area contributed by atoms with Gasteiger partial charge in [-0.2, -0.15) is 0 Å². The van der Waals surface area contributed by atoms with Crippen molar-refractivity contribution in [2.45, 2.75) is 26.0 Å². The second-order valence-electron chi connectivity index (χ2n) is 2.84. The van der Waals surface area contributed by atoms with Gasteiger partial charge < -0.3 is 10.8 Å². The van der Waals surface area contributed by atoms with E-state index in [4.69, 9.17) is 5.73 Å². The predicted molar refractivity (Wildman–Crippen MR) is 55.4 cm³/mol. The molecule has 0 aromatic carbocycles. The fourth-order valence-corrected chi connectivity index (χ4v) is 2.63. The van der Waals surface area contributed by atoms with Crippen molar-refractivity contribution in [2.24, 2.45) is 5.73 Å². The molecule has 0 saturated carbocycles. The number of aliphatic hydroxyl groups excluding tert-OH is 1. The van der Waals surface area contributed by atoms with Gasteiger partial charge in [0.2, 0.25) is 0 Å². The molecule has 1 heterocycles. The van der Waals surface area contributed by atoms with E-state index < -0.39 is 6.10 Å². The summed E-state index contributed by atoms with van der Waals surface area (Å²) < 4.78 is 1.07. The Morgan fingerprint density at radius 2 is 2.25 bits per heavy atom. The first-order chi connectivity index (χ1) is 5.54. The molecule has 4 heteroatoms. The Morgan fingerprint density at radius 1 is 1.67 bits per heavy atom. The van der Waals surface area contributed by atoms with E-state index in [2.05, 4.69) is 15.9 Å². The van der Waals surface area contributed by atoms with Gasteiger partial charge in [-0.15, -0.1) is 11.3 Å². The third-order valence-electron chi connectivity index (χ3n) is 1.84. The van der Waals surface area contributed by atoms with Crippen molar-refractivity contribution in [1.82, 2.24) is 0 Å². The smallest absolute Gasteiger partial charge is 0.0712 e. The molecule has 1 rings (SSSR count). The van der Waals surface area contributed by atoms with Gasteiger partial charge in [-0.1, -0.05) is 0 Å². The van der Waals surface area contributed by atoms with Crippen molar-refractivity contribution in [1.29, 1.82) is 0 Å². The molecular formula is C8H12BrNOS. The molecule has 2 atom stereocenters. The van der Waals surface area contributed by atoms with E-state index in [9.17, 15) is 5.11 Å². The summed E-state index contributed by atoms with van der Waals surface area (Å²) in [7, 11) is 0. The summed E-state index contributed by atoms with van der Waals surface area (Å²) >= 11 is 4.99. The SMILES string of the molecule is Cc1c(Br)csc1C(N)C(C)O. The van der Waals surface area contributed by atoms with Gasteiger partial charge in [-0.3, -0.25) is 0 Å². The number of thiophene rings is 1. The fourth-order valence-electron chi connectivity index (χ4n) is 0.957. The van der Waals surface area contributed by atoms with Crippen LogP contribution in [0, 0.1) is 6.92 Å². The Morgan fingerprint density at radius 3 is 2.58 bits per heavy atom. The minimum absolute atomic E-state index is 0.263. The highest BCUT2D eigenvalue weighted by molar-refractivity contribution is 9.10. The van der Waals surface area contributed by atoms with Crippen LogP contribution < -0.4 is 5.73 Å². The normalized spacial score (nSPS) is 16.1. The molecule has 1 aromatic heterocycles. The second kappa shape index (κ2) is 3.87. The third kappa shape index (κ3) is 1.88. The fraction of sp³-hybridized carbons (Fsp3) is 0.500. The van der Waals surface area contributed by atoms with E-state index in [-0.39, 0.29) is 6.04 Å². The molecule has 2 unspecified atom stereocenters. The lowest BCUT2D eigenvalue weighted by molar-refractivity contribution is 0.165. The van der Waals surface area contributed by atoms with Crippen LogP contribution in [0.5, 0.6) is 0 Å². The Labute approximate surface area is 84.5 Å². The van der Waals surface area contributed by atoms with Gasteiger partial charge in [-0.05, 0) is 35.3 Å². The predicted octanol–water partition coefficient (Wildman–Crippen LogP) is 2.20. The minimum atomic E-state index is -0.491. The van der Waals surface area contributed by atoms with Gasteiger partial charge in [0.15, 0.2) is 0 Å². The molecule has 0 bridgehead atoms. The van der Waals surface area contributed by atoms with E-state index in [1.165, 1.54) is 0 Å². The van der Waals surface area contributed by atoms with Crippen LogP contribution >= 0.6 is 27.3 Å². The minimum Gasteiger partial charge on any atom is -0.391 e. The van der Waals surface area contributed by atoms with Crippen LogP contribution in [-0.2, 0) is 0 Å². The molecule has 2 nitrogen and oxygen atoms in total. The topological polar surface area (TPSA) is 46.2 Å². The summed E-state index contributed by atoms with van der Waals surface area (Å²) in [5.41, 5.74) is 6.92. The summed E-state index contributed by atoms with van der Waals surface area (Å²) in [5, 5.41) is 11.3. The van der Waals surface area contributed by atoms with Gasteiger partial charge in [0.25, 0.3) is 0 Å². The lowest BCUT2D eigenvalue weighted by Crippen LogP contribution is -2.22. The maximum absolute atomic E-state index is 9.27. The van der Waals surface area contributed by atoms with Crippen molar-refractivity contribution in [3.63, 3.8) is 0 Å². The molecule has 3 N–H and O–H groups in total.